The van der Waals surface area contributed by atoms with E-state index in [1.807, 2.05) is 101 Å². The van der Waals surface area contributed by atoms with Crippen LogP contribution in [-0.4, -0.2) is 50.0 Å². The van der Waals surface area contributed by atoms with Gasteiger partial charge in [-0.3, -0.25) is 13.9 Å². The van der Waals surface area contributed by atoms with E-state index in [9.17, 15) is 18.0 Å². The van der Waals surface area contributed by atoms with Crippen LogP contribution < -0.4 is 9.62 Å². The Balaban J connectivity index is 1.91. The van der Waals surface area contributed by atoms with Gasteiger partial charge < -0.3 is 10.2 Å². The summed E-state index contributed by atoms with van der Waals surface area (Å²) in [6, 6.07) is 22.4. The van der Waals surface area contributed by atoms with Gasteiger partial charge in [-0.05, 0) is 80.5 Å². The number of nitrogens with one attached hydrogen (secondary N) is 1. The lowest BCUT2D eigenvalue weighted by molar-refractivity contribution is -0.141. The van der Waals surface area contributed by atoms with Crippen LogP contribution in [0.15, 0.2) is 72.8 Å². The first-order valence-electron chi connectivity index (χ1n) is 14.6. The molecule has 2 atom stereocenters. The van der Waals surface area contributed by atoms with Gasteiger partial charge in [0.25, 0.3) is 0 Å². The fourth-order valence-corrected chi connectivity index (χ4v) is 5.81. The number of rotatable bonds is 14. The number of sulfonamides is 1. The molecule has 0 spiro atoms. The SMILES string of the molecule is CC[C@@H](C)NC(=O)[C@@H](Cc1ccccc1)N(Cc1ccccc1C)C(=O)CCCN(c1ccc(C)c(C)c1)S(C)(=O)=O. The predicted molar refractivity (Wildman–Crippen MR) is 171 cm³/mol. The minimum absolute atomic E-state index is 0.0347. The Bertz CT molecular complexity index is 1460. The number of nitrogens with zero attached hydrogens (tertiary/aromatic N) is 2. The van der Waals surface area contributed by atoms with Crippen molar-refractivity contribution in [3.63, 3.8) is 0 Å². The highest BCUT2D eigenvalue weighted by Gasteiger charge is 2.31. The maximum atomic E-state index is 14.0. The molecule has 0 saturated carbocycles. The number of aryl methyl sites for hydroxylation is 3. The monoisotopic (exact) mass is 591 g/mol. The Morgan fingerprint density at radius 3 is 2.17 bits per heavy atom. The van der Waals surface area contributed by atoms with Crippen LogP contribution in [0.2, 0.25) is 0 Å². The maximum Gasteiger partial charge on any atom is 0.243 e. The van der Waals surface area contributed by atoms with Gasteiger partial charge in [0.15, 0.2) is 0 Å². The van der Waals surface area contributed by atoms with Crippen LogP contribution in [0.4, 0.5) is 5.69 Å². The van der Waals surface area contributed by atoms with Crippen molar-refractivity contribution in [2.24, 2.45) is 0 Å². The zero-order valence-electron chi connectivity index (χ0n) is 25.8. The molecule has 2 amide bonds. The summed E-state index contributed by atoms with van der Waals surface area (Å²) in [4.78, 5) is 29.4. The van der Waals surface area contributed by atoms with Crippen LogP contribution in [0.3, 0.4) is 0 Å². The molecule has 0 saturated heterocycles. The molecule has 0 bridgehead atoms. The van der Waals surface area contributed by atoms with Crippen LogP contribution in [-0.2, 0) is 32.6 Å². The second kappa shape index (κ2) is 15.0. The minimum atomic E-state index is -3.56. The van der Waals surface area contributed by atoms with Gasteiger partial charge in [-0.1, -0.05) is 67.6 Å². The van der Waals surface area contributed by atoms with E-state index in [0.717, 1.165) is 34.2 Å². The standard InChI is InChI=1S/C34H45N3O4S/c1-7-28(5)35-34(39)32(23-29-15-9-8-10-16-29)36(24-30-17-12-11-14-26(30)3)33(38)18-13-21-37(42(6,40)41)31-20-19-25(2)27(4)22-31/h8-12,14-17,19-20,22,28,32H,7,13,18,21,23-24H2,1-6H3,(H,35,39)/t28-,32-/m1/s1. The Morgan fingerprint density at radius 2 is 1.55 bits per heavy atom. The van der Waals surface area contributed by atoms with Crippen molar-refractivity contribution < 1.29 is 18.0 Å². The molecule has 0 aliphatic heterocycles. The van der Waals surface area contributed by atoms with E-state index in [1.165, 1.54) is 10.6 Å². The molecule has 0 aliphatic carbocycles. The van der Waals surface area contributed by atoms with Crippen molar-refractivity contribution in [3.05, 3.63) is 101 Å². The summed E-state index contributed by atoms with van der Waals surface area (Å²) in [5.41, 5.74) is 5.62. The fourth-order valence-electron chi connectivity index (χ4n) is 4.85. The molecule has 0 unspecified atom stereocenters. The third-order valence-corrected chi connectivity index (χ3v) is 9.00. The molecule has 3 aromatic carbocycles. The summed E-state index contributed by atoms with van der Waals surface area (Å²) in [6.45, 7) is 10.3. The highest BCUT2D eigenvalue weighted by atomic mass is 32.2. The lowest BCUT2D eigenvalue weighted by Crippen LogP contribution is -2.52. The first-order valence-corrected chi connectivity index (χ1v) is 16.5. The molecule has 0 heterocycles. The normalized spacial score (nSPS) is 12.8. The summed E-state index contributed by atoms with van der Waals surface area (Å²) in [6.07, 6.45) is 2.75. The summed E-state index contributed by atoms with van der Waals surface area (Å²) >= 11 is 0. The fraction of sp³-hybridized carbons (Fsp3) is 0.412. The lowest BCUT2D eigenvalue weighted by Gasteiger charge is -2.33. The van der Waals surface area contributed by atoms with Gasteiger partial charge >= 0.3 is 0 Å². The van der Waals surface area contributed by atoms with Crippen molar-refractivity contribution >= 4 is 27.5 Å². The van der Waals surface area contributed by atoms with Crippen LogP contribution in [0.1, 0.15) is 60.9 Å². The number of hydrogen-bond acceptors (Lipinski definition) is 4. The number of amides is 2. The molecule has 0 fully saturated rings. The Kier molecular flexibility index (Phi) is 11.7. The summed E-state index contributed by atoms with van der Waals surface area (Å²) in [5, 5.41) is 3.09. The molecule has 0 aromatic heterocycles. The molecule has 0 radical (unpaired) electrons. The Labute approximate surface area is 252 Å². The van der Waals surface area contributed by atoms with E-state index < -0.39 is 16.1 Å². The van der Waals surface area contributed by atoms with Gasteiger partial charge in [0, 0.05) is 32.0 Å². The molecule has 226 valence electrons. The first kappa shape index (κ1) is 32.9. The number of hydrogen-bond donors (Lipinski definition) is 1. The second-order valence-corrected chi connectivity index (χ2v) is 13.1. The van der Waals surface area contributed by atoms with Gasteiger partial charge in [-0.2, -0.15) is 0 Å². The van der Waals surface area contributed by atoms with E-state index in [1.54, 1.807) is 11.0 Å². The van der Waals surface area contributed by atoms with Crippen LogP contribution in [0.25, 0.3) is 0 Å². The van der Waals surface area contributed by atoms with Crippen molar-refractivity contribution in [3.8, 4) is 0 Å². The van der Waals surface area contributed by atoms with Crippen molar-refractivity contribution in [1.82, 2.24) is 10.2 Å². The van der Waals surface area contributed by atoms with Crippen LogP contribution >= 0.6 is 0 Å². The highest BCUT2D eigenvalue weighted by Crippen LogP contribution is 2.23. The van der Waals surface area contributed by atoms with Crippen LogP contribution in [0, 0.1) is 20.8 Å². The largest absolute Gasteiger partial charge is 0.352 e. The topological polar surface area (TPSA) is 86.8 Å². The smallest absolute Gasteiger partial charge is 0.243 e. The Hall–Kier alpha value is -3.65. The van der Waals surface area contributed by atoms with Gasteiger partial charge in [-0.25, -0.2) is 8.42 Å². The number of benzene rings is 3. The molecule has 8 heteroatoms. The molecule has 1 N–H and O–H groups in total. The quantitative estimate of drug-likeness (QED) is 0.260. The first-order chi connectivity index (χ1) is 19.9. The predicted octanol–water partition coefficient (Wildman–Crippen LogP) is 5.71. The van der Waals surface area contributed by atoms with Gasteiger partial charge in [0.05, 0.1) is 11.9 Å². The van der Waals surface area contributed by atoms with E-state index in [-0.39, 0.29) is 37.4 Å². The summed E-state index contributed by atoms with van der Waals surface area (Å²) < 4.78 is 26.8. The molecular weight excluding hydrogens is 546 g/mol. The molecule has 0 aliphatic rings. The van der Waals surface area contributed by atoms with E-state index in [0.29, 0.717) is 18.5 Å². The lowest BCUT2D eigenvalue weighted by atomic mass is 10.0. The minimum Gasteiger partial charge on any atom is -0.352 e. The third kappa shape index (κ3) is 9.18. The number of carbonyl (C=O) groups is 2. The van der Waals surface area contributed by atoms with E-state index in [4.69, 9.17) is 0 Å². The van der Waals surface area contributed by atoms with Crippen molar-refractivity contribution in [1.29, 1.82) is 0 Å². The van der Waals surface area contributed by atoms with E-state index >= 15 is 0 Å². The average molecular weight is 592 g/mol. The Morgan fingerprint density at radius 1 is 0.881 bits per heavy atom. The zero-order valence-corrected chi connectivity index (χ0v) is 26.6. The maximum absolute atomic E-state index is 14.0. The van der Waals surface area contributed by atoms with Crippen molar-refractivity contribution in [2.45, 2.75) is 78.9 Å². The van der Waals surface area contributed by atoms with E-state index in [2.05, 4.69) is 5.32 Å². The average Bonchev–Trinajstić information content (AvgIpc) is 2.95. The molecular formula is C34H45N3O4S. The zero-order chi connectivity index (χ0) is 30.9. The molecule has 3 rings (SSSR count). The second-order valence-electron chi connectivity index (χ2n) is 11.2. The van der Waals surface area contributed by atoms with Crippen molar-refractivity contribution in [2.75, 3.05) is 17.1 Å². The number of anilines is 1. The summed E-state index contributed by atoms with van der Waals surface area (Å²) in [5.74, 6) is -0.380. The number of carbonyl (C=O) groups excluding carboxylic acids is 2. The van der Waals surface area contributed by atoms with Gasteiger partial charge in [-0.15, -0.1) is 0 Å². The highest BCUT2D eigenvalue weighted by molar-refractivity contribution is 7.92. The van der Waals surface area contributed by atoms with Gasteiger partial charge in [0.1, 0.15) is 6.04 Å². The molecule has 42 heavy (non-hydrogen) atoms. The summed E-state index contributed by atoms with van der Waals surface area (Å²) in [7, 11) is -3.56. The third-order valence-electron chi connectivity index (χ3n) is 7.80. The van der Waals surface area contributed by atoms with Gasteiger partial charge in [0.2, 0.25) is 21.8 Å². The molecule has 7 nitrogen and oxygen atoms in total. The van der Waals surface area contributed by atoms with Crippen LogP contribution in [0.5, 0.6) is 0 Å². The molecule has 3 aromatic rings.